The smallest absolute Gasteiger partial charge is 0.238 e. The summed E-state index contributed by atoms with van der Waals surface area (Å²) in [5.74, 6) is 1.83. The first kappa shape index (κ1) is 39.0. The SMILES string of the molecule is c1ccc(-c2cc3c(c(-c4ccccc4)c2)-c2cc(-n4c5ccccc5c5c6c7ccccc7n(-c7nc(-c8ccccc8)nc(-c8ccccc8)n7)c6ccc54)cc(-c4ccccc4)c2C3)cc1. The molecule has 0 atom stereocenters. The minimum absolute atomic E-state index is 0.575. The van der Waals surface area contributed by atoms with Crippen molar-refractivity contribution in [2.75, 3.05) is 0 Å². The van der Waals surface area contributed by atoms with Crippen LogP contribution in [-0.4, -0.2) is 24.1 Å². The number of benzene rings is 10. The van der Waals surface area contributed by atoms with Crippen LogP contribution in [0.5, 0.6) is 0 Å². The third-order valence-corrected chi connectivity index (χ3v) is 14.0. The summed E-state index contributed by atoms with van der Waals surface area (Å²) < 4.78 is 4.72. The van der Waals surface area contributed by atoms with Gasteiger partial charge in [0.15, 0.2) is 11.6 Å². The van der Waals surface area contributed by atoms with Crippen LogP contribution in [0.15, 0.2) is 237 Å². The zero-order chi connectivity index (χ0) is 45.4. The highest BCUT2D eigenvalue weighted by Crippen LogP contribution is 2.50. The molecule has 0 radical (unpaired) electrons. The second kappa shape index (κ2) is 15.7. The lowest BCUT2D eigenvalue weighted by atomic mass is 9.89. The maximum atomic E-state index is 5.24. The van der Waals surface area contributed by atoms with Crippen molar-refractivity contribution >= 4 is 43.6 Å². The predicted octanol–water partition coefficient (Wildman–Crippen LogP) is 16.0. The van der Waals surface area contributed by atoms with E-state index in [1.807, 2.05) is 36.4 Å². The summed E-state index contributed by atoms with van der Waals surface area (Å²) >= 11 is 0. The highest BCUT2D eigenvalue weighted by atomic mass is 15.2. The topological polar surface area (TPSA) is 48.5 Å². The zero-order valence-electron chi connectivity index (χ0n) is 37.5. The van der Waals surface area contributed by atoms with Gasteiger partial charge in [-0.2, -0.15) is 9.97 Å². The van der Waals surface area contributed by atoms with Gasteiger partial charge in [0, 0.05) is 38.4 Å². The van der Waals surface area contributed by atoms with Gasteiger partial charge in [-0.3, -0.25) is 4.57 Å². The van der Waals surface area contributed by atoms with Crippen molar-refractivity contribution in [1.29, 1.82) is 0 Å². The summed E-state index contributed by atoms with van der Waals surface area (Å²) in [7, 11) is 0. The average molecular weight is 880 g/mol. The van der Waals surface area contributed by atoms with Gasteiger partial charge in [-0.05, 0) is 105 Å². The fourth-order valence-electron chi connectivity index (χ4n) is 11.0. The van der Waals surface area contributed by atoms with E-state index >= 15 is 0 Å². The van der Waals surface area contributed by atoms with Gasteiger partial charge in [0.05, 0.1) is 22.1 Å². The monoisotopic (exact) mass is 879 g/mol. The van der Waals surface area contributed by atoms with Crippen molar-refractivity contribution in [2.24, 2.45) is 0 Å². The second-order valence-electron chi connectivity index (χ2n) is 17.9. The van der Waals surface area contributed by atoms with E-state index in [2.05, 4.69) is 209 Å². The molecule has 5 heteroatoms. The first-order chi connectivity index (χ1) is 34.2. The molecule has 14 rings (SSSR count). The summed E-state index contributed by atoms with van der Waals surface area (Å²) in [6, 6.07) is 84.9. The lowest BCUT2D eigenvalue weighted by Crippen LogP contribution is -2.06. The highest BCUT2D eigenvalue weighted by Gasteiger charge is 2.29. The molecule has 10 aromatic carbocycles. The van der Waals surface area contributed by atoms with E-state index < -0.39 is 0 Å². The summed E-state index contributed by atoms with van der Waals surface area (Å²) in [6.45, 7) is 0. The Morgan fingerprint density at radius 3 is 1.33 bits per heavy atom. The van der Waals surface area contributed by atoms with Gasteiger partial charge in [-0.1, -0.05) is 194 Å². The normalized spacial score (nSPS) is 12.0. The number of fused-ring (bicyclic) bond motifs is 10. The Labute approximate surface area is 398 Å². The van der Waals surface area contributed by atoms with Gasteiger partial charge in [0.25, 0.3) is 0 Å². The molecule has 0 amide bonds. The largest absolute Gasteiger partial charge is 0.309 e. The molecule has 0 aliphatic heterocycles. The first-order valence-electron chi connectivity index (χ1n) is 23.6. The van der Waals surface area contributed by atoms with Gasteiger partial charge in [-0.15, -0.1) is 0 Å². The summed E-state index contributed by atoms with van der Waals surface area (Å²) in [5.41, 5.74) is 20.0. The van der Waals surface area contributed by atoms with Gasteiger partial charge in [-0.25, -0.2) is 4.98 Å². The number of rotatable bonds is 7. The summed E-state index contributed by atoms with van der Waals surface area (Å²) in [5, 5.41) is 4.68. The van der Waals surface area contributed by atoms with Gasteiger partial charge >= 0.3 is 0 Å². The molecule has 1 aliphatic carbocycles. The van der Waals surface area contributed by atoms with Crippen molar-refractivity contribution in [2.45, 2.75) is 6.42 Å². The molecule has 0 N–H and O–H groups in total. The minimum Gasteiger partial charge on any atom is -0.309 e. The average Bonchev–Trinajstić information content (AvgIpc) is 4.09. The third kappa shape index (κ3) is 6.28. The molecule has 0 fully saturated rings. The van der Waals surface area contributed by atoms with E-state index in [-0.39, 0.29) is 0 Å². The standard InChI is InChI=1S/C64H41N5/c1-6-20-41(21-7-1)46-36-47-38-53-51(42-22-8-2-9-23-42)39-48(40-54(53)59(47)52(37-46)43-24-10-3-11-25-43)68-55-32-18-16-30-49(55)60-57(68)34-35-58-61(60)50-31-17-19-33-56(50)69(58)64-66-62(44-26-12-4-13-27-44)65-63(67-64)45-28-14-5-15-29-45/h1-37,39-40H,38H2. The third-order valence-electron chi connectivity index (χ3n) is 14.0. The van der Waals surface area contributed by atoms with Crippen molar-refractivity contribution < 1.29 is 0 Å². The lowest BCUT2D eigenvalue weighted by molar-refractivity contribution is 0.953. The van der Waals surface area contributed by atoms with Crippen LogP contribution in [0.3, 0.4) is 0 Å². The van der Waals surface area contributed by atoms with E-state index in [9.17, 15) is 0 Å². The van der Waals surface area contributed by atoms with Crippen LogP contribution in [0.1, 0.15) is 11.1 Å². The Hall–Kier alpha value is -9.19. The molecular formula is C64H41N5. The van der Waals surface area contributed by atoms with Crippen molar-refractivity contribution in [3.8, 4) is 78.9 Å². The number of para-hydroxylation sites is 2. The molecule has 322 valence electrons. The molecular weight excluding hydrogens is 839 g/mol. The zero-order valence-corrected chi connectivity index (χ0v) is 37.5. The Morgan fingerprint density at radius 2 is 0.768 bits per heavy atom. The maximum absolute atomic E-state index is 5.24. The number of hydrogen-bond acceptors (Lipinski definition) is 3. The van der Waals surface area contributed by atoms with Crippen LogP contribution in [0.2, 0.25) is 0 Å². The predicted molar refractivity (Wildman–Crippen MR) is 284 cm³/mol. The van der Waals surface area contributed by atoms with E-state index in [1.54, 1.807) is 0 Å². The first-order valence-corrected chi connectivity index (χ1v) is 23.6. The molecule has 5 nitrogen and oxygen atoms in total. The molecule has 3 heterocycles. The van der Waals surface area contributed by atoms with Crippen LogP contribution in [0, 0.1) is 0 Å². The number of aromatic nitrogens is 5. The molecule has 13 aromatic rings. The van der Waals surface area contributed by atoms with Crippen molar-refractivity contribution in [1.82, 2.24) is 24.1 Å². The number of hydrogen-bond donors (Lipinski definition) is 0. The highest BCUT2D eigenvalue weighted by molar-refractivity contribution is 6.29. The van der Waals surface area contributed by atoms with Crippen LogP contribution >= 0.6 is 0 Å². The molecule has 0 unspecified atom stereocenters. The van der Waals surface area contributed by atoms with E-state index in [1.165, 1.54) is 66.4 Å². The van der Waals surface area contributed by atoms with Crippen molar-refractivity contribution in [3.05, 3.63) is 248 Å². The molecule has 1 aliphatic rings. The molecule has 3 aromatic heterocycles. The fraction of sp³-hybridized carbons (Fsp3) is 0.0156. The molecule has 0 spiro atoms. The Bertz CT molecular complexity index is 4060. The van der Waals surface area contributed by atoms with Crippen LogP contribution in [0.4, 0.5) is 0 Å². The van der Waals surface area contributed by atoms with E-state index in [4.69, 9.17) is 15.0 Å². The Morgan fingerprint density at radius 1 is 0.319 bits per heavy atom. The quantitative estimate of drug-likeness (QED) is 0.160. The second-order valence-corrected chi connectivity index (χ2v) is 17.9. The molecule has 69 heavy (non-hydrogen) atoms. The maximum Gasteiger partial charge on any atom is 0.238 e. The minimum atomic E-state index is 0.575. The van der Waals surface area contributed by atoms with Crippen molar-refractivity contribution in [3.63, 3.8) is 0 Å². The van der Waals surface area contributed by atoms with Gasteiger partial charge in [0.1, 0.15) is 0 Å². The summed E-state index contributed by atoms with van der Waals surface area (Å²) in [6.07, 6.45) is 0.845. The van der Waals surface area contributed by atoms with E-state index in [0.29, 0.717) is 17.6 Å². The van der Waals surface area contributed by atoms with Crippen LogP contribution in [-0.2, 0) is 6.42 Å². The lowest BCUT2D eigenvalue weighted by Gasteiger charge is -2.17. The fourth-order valence-corrected chi connectivity index (χ4v) is 11.0. The molecule has 0 bridgehead atoms. The summed E-state index contributed by atoms with van der Waals surface area (Å²) in [4.78, 5) is 15.5. The van der Waals surface area contributed by atoms with Gasteiger partial charge < -0.3 is 4.57 Å². The Kier molecular flexibility index (Phi) is 8.89. The molecule has 0 saturated heterocycles. The number of nitrogens with zero attached hydrogens (tertiary/aromatic N) is 5. The molecule has 0 saturated carbocycles. The Balaban J connectivity index is 1.04. The van der Waals surface area contributed by atoms with Crippen LogP contribution < -0.4 is 0 Å². The van der Waals surface area contributed by atoms with E-state index in [0.717, 1.165) is 56.1 Å². The van der Waals surface area contributed by atoms with Gasteiger partial charge in [0.2, 0.25) is 5.95 Å². The van der Waals surface area contributed by atoms with Crippen LogP contribution in [0.25, 0.3) is 123 Å².